The second kappa shape index (κ2) is 13.6. The van der Waals surface area contributed by atoms with Crippen molar-refractivity contribution in [1.29, 1.82) is 0 Å². The van der Waals surface area contributed by atoms with Crippen molar-refractivity contribution in [1.82, 2.24) is 20.1 Å². The van der Waals surface area contributed by atoms with Crippen LogP contribution in [0.5, 0.6) is 0 Å². The lowest BCUT2D eigenvalue weighted by Gasteiger charge is -2.26. The molecule has 1 saturated heterocycles. The van der Waals surface area contributed by atoms with Gasteiger partial charge in [0.25, 0.3) is 11.5 Å². The average Bonchev–Trinajstić information content (AvgIpc) is 2.95. The van der Waals surface area contributed by atoms with Crippen molar-refractivity contribution >= 4 is 44.8 Å². The van der Waals surface area contributed by atoms with Crippen LogP contribution >= 0.6 is 11.6 Å². The van der Waals surface area contributed by atoms with Crippen molar-refractivity contribution < 1.29 is 22.8 Å². The van der Waals surface area contributed by atoms with Crippen LogP contribution in [0.25, 0.3) is 5.69 Å². The van der Waals surface area contributed by atoms with Crippen molar-refractivity contribution in [3.8, 4) is 5.69 Å². The molecule has 0 unspecified atom stereocenters. The van der Waals surface area contributed by atoms with E-state index in [9.17, 15) is 27.6 Å². The summed E-state index contributed by atoms with van der Waals surface area (Å²) in [6, 6.07) is 16.3. The van der Waals surface area contributed by atoms with Crippen molar-refractivity contribution in [3.63, 3.8) is 0 Å². The quantitative estimate of drug-likeness (QED) is 0.320. The minimum atomic E-state index is -3.02. The maximum Gasteiger partial charge on any atom is 0.255 e. The summed E-state index contributed by atoms with van der Waals surface area (Å²) in [5.74, 6) is -1.48. The Morgan fingerprint density at radius 3 is 2.27 bits per heavy atom. The molecule has 1 aliphatic heterocycles. The summed E-state index contributed by atoms with van der Waals surface area (Å²) >= 11 is 5.90. The van der Waals surface area contributed by atoms with E-state index in [2.05, 4.69) is 16.0 Å². The summed E-state index contributed by atoms with van der Waals surface area (Å²) in [6.45, 7) is 1.41. The van der Waals surface area contributed by atoms with Gasteiger partial charge in [-0.25, -0.2) is 8.42 Å². The van der Waals surface area contributed by atoms with Crippen LogP contribution in [0.1, 0.15) is 16.8 Å². The van der Waals surface area contributed by atoms with Crippen molar-refractivity contribution in [2.75, 3.05) is 43.0 Å². The number of anilines is 1. The van der Waals surface area contributed by atoms with Crippen LogP contribution in [-0.2, 0) is 19.4 Å². The van der Waals surface area contributed by atoms with E-state index in [1.807, 2.05) is 4.90 Å². The van der Waals surface area contributed by atoms with Crippen LogP contribution < -0.4 is 21.5 Å². The molecule has 3 N–H and O–H groups in total. The maximum absolute atomic E-state index is 13.1. The maximum atomic E-state index is 13.1. The third kappa shape index (κ3) is 8.74. The molecule has 3 amide bonds. The highest BCUT2D eigenvalue weighted by Crippen LogP contribution is 2.14. The zero-order valence-electron chi connectivity index (χ0n) is 22.1. The number of carbonyl (C=O) groups excluding carboxylic acids is 3. The van der Waals surface area contributed by atoms with E-state index in [-0.39, 0.29) is 35.6 Å². The Hall–Kier alpha value is -4.00. The molecule has 0 spiro atoms. The third-order valence-corrected chi connectivity index (χ3v) is 8.39. The van der Waals surface area contributed by atoms with E-state index in [0.29, 0.717) is 36.0 Å². The fourth-order valence-corrected chi connectivity index (χ4v) is 5.63. The SMILES string of the molecule is O=C(C[C@H](NC(=O)c1ccc(-n2ccccc2=O)cc1)C(=O)NCCN1CCS(=O)(=O)CC1)Nc1ccc(Cl)cc1. The Bertz CT molecular complexity index is 1540. The normalized spacial score (nSPS) is 15.4. The molecule has 11 nitrogen and oxygen atoms in total. The molecule has 2 heterocycles. The number of carbonyl (C=O) groups is 3. The van der Waals surface area contributed by atoms with Gasteiger partial charge in [-0.15, -0.1) is 0 Å². The Labute approximate surface area is 242 Å². The molecule has 1 aliphatic rings. The number of amides is 3. The molecule has 0 aliphatic carbocycles. The monoisotopic (exact) mass is 599 g/mol. The molecule has 1 atom stereocenters. The molecule has 13 heteroatoms. The van der Waals surface area contributed by atoms with E-state index < -0.39 is 33.6 Å². The van der Waals surface area contributed by atoms with E-state index in [4.69, 9.17) is 11.6 Å². The highest BCUT2D eigenvalue weighted by atomic mass is 35.5. The molecule has 216 valence electrons. The van der Waals surface area contributed by atoms with Gasteiger partial charge in [-0.1, -0.05) is 17.7 Å². The molecule has 41 heavy (non-hydrogen) atoms. The fraction of sp³-hybridized carbons (Fsp3) is 0.286. The van der Waals surface area contributed by atoms with Gasteiger partial charge in [0.1, 0.15) is 6.04 Å². The number of nitrogens with zero attached hydrogens (tertiary/aromatic N) is 2. The molecule has 4 rings (SSSR count). The van der Waals surface area contributed by atoms with Gasteiger partial charge < -0.3 is 16.0 Å². The van der Waals surface area contributed by atoms with Gasteiger partial charge in [0.15, 0.2) is 9.84 Å². The van der Waals surface area contributed by atoms with Gasteiger partial charge in [-0.05, 0) is 54.6 Å². The largest absolute Gasteiger partial charge is 0.353 e. The standard InChI is InChI=1S/C28H30ClN5O6S/c29-21-6-8-22(9-7-21)31-25(35)19-24(28(38)30-12-14-33-15-17-41(39,40)18-16-33)32-27(37)20-4-10-23(11-5-20)34-13-2-1-3-26(34)36/h1-11,13,24H,12,14-19H2,(H,30,38)(H,31,35)(H,32,37)/t24-/m0/s1. The van der Waals surface area contributed by atoms with Gasteiger partial charge in [-0.2, -0.15) is 0 Å². The van der Waals surface area contributed by atoms with Gasteiger partial charge in [0, 0.05) is 60.4 Å². The fourth-order valence-electron chi connectivity index (χ4n) is 4.23. The van der Waals surface area contributed by atoms with Crippen molar-refractivity contribution in [3.05, 3.63) is 93.9 Å². The predicted octanol–water partition coefficient (Wildman–Crippen LogP) is 1.46. The number of sulfone groups is 1. The summed E-state index contributed by atoms with van der Waals surface area (Å²) in [4.78, 5) is 52.9. The minimum Gasteiger partial charge on any atom is -0.353 e. The van der Waals surface area contributed by atoms with Gasteiger partial charge in [0.05, 0.1) is 17.9 Å². The topological polar surface area (TPSA) is 147 Å². The van der Waals surface area contributed by atoms with Crippen LogP contribution in [0.15, 0.2) is 77.7 Å². The number of nitrogens with one attached hydrogen (secondary N) is 3. The van der Waals surface area contributed by atoms with Gasteiger partial charge in [-0.3, -0.25) is 28.6 Å². The second-order valence-corrected chi connectivity index (χ2v) is 12.3. The first kappa shape index (κ1) is 30.0. The number of halogens is 1. The molecule has 1 aromatic heterocycles. The Kier molecular flexibility index (Phi) is 9.92. The molecule has 3 aromatic rings. The van der Waals surface area contributed by atoms with E-state index >= 15 is 0 Å². The smallest absolute Gasteiger partial charge is 0.255 e. The predicted molar refractivity (Wildman–Crippen MR) is 156 cm³/mol. The summed E-state index contributed by atoms with van der Waals surface area (Å²) < 4.78 is 24.7. The van der Waals surface area contributed by atoms with Crippen LogP contribution in [0.3, 0.4) is 0 Å². The number of hydrogen-bond donors (Lipinski definition) is 3. The van der Waals surface area contributed by atoms with Gasteiger partial charge in [0.2, 0.25) is 11.8 Å². The summed E-state index contributed by atoms with van der Waals surface area (Å²) in [6.07, 6.45) is 1.28. The minimum absolute atomic E-state index is 0.0716. The Balaban J connectivity index is 1.41. The van der Waals surface area contributed by atoms with E-state index in [1.54, 1.807) is 54.7 Å². The molecule has 1 fully saturated rings. The Morgan fingerprint density at radius 2 is 1.61 bits per heavy atom. The zero-order chi connectivity index (χ0) is 29.4. The lowest BCUT2D eigenvalue weighted by molar-refractivity contribution is -0.126. The summed E-state index contributed by atoms with van der Waals surface area (Å²) in [5, 5.41) is 8.56. The highest BCUT2D eigenvalue weighted by Gasteiger charge is 2.26. The first-order valence-electron chi connectivity index (χ1n) is 12.9. The average molecular weight is 600 g/mol. The molecular formula is C28H30ClN5O6S. The van der Waals surface area contributed by atoms with Crippen LogP contribution in [0, 0.1) is 0 Å². The first-order chi connectivity index (χ1) is 19.6. The molecule has 0 saturated carbocycles. The van der Waals surface area contributed by atoms with Gasteiger partial charge >= 0.3 is 0 Å². The number of benzene rings is 2. The van der Waals surface area contributed by atoms with Crippen LogP contribution in [0.2, 0.25) is 5.02 Å². The molecule has 2 aromatic carbocycles. The first-order valence-corrected chi connectivity index (χ1v) is 15.1. The van der Waals surface area contributed by atoms with E-state index in [1.165, 1.54) is 22.8 Å². The summed E-state index contributed by atoms with van der Waals surface area (Å²) in [7, 11) is -3.02. The summed E-state index contributed by atoms with van der Waals surface area (Å²) in [5.41, 5.74) is 1.06. The number of aromatic nitrogens is 1. The third-order valence-electron chi connectivity index (χ3n) is 6.53. The lowest BCUT2D eigenvalue weighted by Crippen LogP contribution is -2.50. The molecule has 0 bridgehead atoms. The lowest BCUT2D eigenvalue weighted by atomic mass is 10.1. The second-order valence-electron chi connectivity index (χ2n) is 9.53. The number of hydrogen-bond acceptors (Lipinski definition) is 7. The van der Waals surface area contributed by atoms with E-state index in [0.717, 1.165) is 0 Å². The molecular weight excluding hydrogens is 570 g/mol. The number of pyridine rings is 1. The van der Waals surface area contributed by atoms with Crippen molar-refractivity contribution in [2.24, 2.45) is 0 Å². The molecule has 0 radical (unpaired) electrons. The van der Waals surface area contributed by atoms with Crippen molar-refractivity contribution in [2.45, 2.75) is 12.5 Å². The number of rotatable bonds is 10. The van der Waals surface area contributed by atoms with Crippen LogP contribution in [-0.4, -0.2) is 79.3 Å². The Morgan fingerprint density at radius 1 is 0.927 bits per heavy atom. The zero-order valence-corrected chi connectivity index (χ0v) is 23.7. The highest BCUT2D eigenvalue weighted by molar-refractivity contribution is 7.91. The van der Waals surface area contributed by atoms with Crippen LogP contribution in [0.4, 0.5) is 5.69 Å².